The van der Waals surface area contributed by atoms with E-state index < -0.39 is 0 Å². The summed E-state index contributed by atoms with van der Waals surface area (Å²) in [4.78, 5) is 17.5. The minimum absolute atomic E-state index is 0.823. The molecule has 0 amide bonds. The average Bonchev–Trinajstić information content (AvgIpc) is 3.32. The van der Waals surface area contributed by atoms with Crippen LogP contribution in [0.5, 0.6) is 0 Å². The third-order valence-corrected chi connectivity index (χ3v) is 7.08. The van der Waals surface area contributed by atoms with Crippen molar-refractivity contribution in [3.05, 3.63) is 69.5 Å². The summed E-state index contributed by atoms with van der Waals surface area (Å²) >= 11 is 1.78. The zero-order chi connectivity index (χ0) is 21.0. The van der Waals surface area contributed by atoms with Gasteiger partial charge in [-0.05, 0) is 47.2 Å². The molecule has 0 atom stereocenters. The molecule has 2 aromatic heterocycles. The van der Waals surface area contributed by atoms with Crippen molar-refractivity contribution >= 4 is 23.1 Å². The lowest BCUT2D eigenvalue weighted by molar-refractivity contribution is 0.243. The molecule has 0 spiro atoms. The van der Waals surface area contributed by atoms with Gasteiger partial charge in [0.15, 0.2) is 0 Å². The predicted molar refractivity (Wildman–Crippen MR) is 129 cm³/mol. The first kappa shape index (κ1) is 20.5. The first-order valence-electron chi connectivity index (χ1n) is 11.4. The Hall–Kier alpha value is -2.44. The van der Waals surface area contributed by atoms with Gasteiger partial charge in [0.05, 0.1) is 5.69 Å². The van der Waals surface area contributed by atoms with Crippen LogP contribution in [0.4, 0.5) is 11.8 Å². The van der Waals surface area contributed by atoms with Crippen molar-refractivity contribution in [3.8, 4) is 0 Å². The molecule has 0 bridgehead atoms. The van der Waals surface area contributed by atoms with Crippen LogP contribution in [0.15, 0.2) is 47.2 Å². The molecule has 0 aliphatic carbocycles. The maximum atomic E-state index is 5.15. The lowest BCUT2D eigenvalue weighted by atomic mass is 10.0. The van der Waals surface area contributed by atoms with E-state index in [1.807, 2.05) is 0 Å². The number of thiophene rings is 1. The van der Waals surface area contributed by atoms with Gasteiger partial charge >= 0.3 is 0 Å². The van der Waals surface area contributed by atoms with Crippen LogP contribution in [0.1, 0.15) is 41.6 Å². The zero-order valence-corrected chi connectivity index (χ0v) is 19.2. The molecule has 0 saturated carbocycles. The lowest BCUT2D eigenvalue weighted by Gasteiger charge is -2.35. The molecule has 2 aliphatic heterocycles. The molecule has 1 fully saturated rings. The summed E-state index contributed by atoms with van der Waals surface area (Å²) in [7, 11) is 2.11. The SMILES string of the molecule is CN(Cc1ccccc1)c1nc2c(c(N3CCCCC3)n1)CN(Cc1ccsc1)CC2. The smallest absolute Gasteiger partial charge is 0.227 e. The minimum Gasteiger partial charge on any atom is -0.356 e. The number of fused-ring (bicyclic) bond motifs is 1. The zero-order valence-electron chi connectivity index (χ0n) is 18.3. The highest BCUT2D eigenvalue weighted by molar-refractivity contribution is 7.07. The van der Waals surface area contributed by atoms with Crippen LogP contribution < -0.4 is 9.80 Å². The Kier molecular flexibility index (Phi) is 6.18. The average molecular weight is 434 g/mol. The van der Waals surface area contributed by atoms with Gasteiger partial charge in [-0.2, -0.15) is 16.3 Å². The van der Waals surface area contributed by atoms with Crippen LogP contribution in [0, 0.1) is 0 Å². The lowest BCUT2D eigenvalue weighted by Crippen LogP contribution is -2.37. The van der Waals surface area contributed by atoms with E-state index in [2.05, 4.69) is 68.9 Å². The standard InChI is InChI=1S/C25H31N5S/c1-28(16-20-8-4-2-5-9-20)25-26-23-10-14-29(17-21-11-15-31-19-21)18-22(23)24(27-25)30-12-6-3-7-13-30/h2,4-5,8-9,11,15,19H,3,6-7,10,12-14,16-18H2,1H3. The molecule has 1 aromatic carbocycles. The predicted octanol–water partition coefficient (Wildman–Crippen LogP) is 4.72. The number of rotatable bonds is 6. The topological polar surface area (TPSA) is 35.5 Å². The van der Waals surface area contributed by atoms with Gasteiger partial charge in [0, 0.05) is 58.3 Å². The fraction of sp³-hybridized carbons (Fsp3) is 0.440. The summed E-state index contributed by atoms with van der Waals surface area (Å²) in [6, 6.07) is 12.8. The van der Waals surface area contributed by atoms with Gasteiger partial charge in [-0.15, -0.1) is 0 Å². The van der Waals surface area contributed by atoms with Gasteiger partial charge in [-0.3, -0.25) is 4.90 Å². The van der Waals surface area contributed by atoms with Crippen molar-refractivity contribution in [1.29, 1.82) is 0 Å². The number of nitrogens with zero attached hydrogens (tertiary/aromatic N) is 5. The van der Waals surface area contributed by atoms with E-state index in [4.69, 9.17) is 9.97 Å². The molecule has 5 rings (SSSR count). The Morgan fingerprint density at radius 3 is 2.58 bits per heavy atom. The summed E-state index contributed by atoms with van der Waals surface area (Å²) in [5.74, 6) is 2.03. The van der Waals surface area contributed by atoms with E-state index in [0.29, 0.717) is 0 Å². The number of piperidine rings is 1. The highest BCUT2D eigenvalue weighted by Crippen LogP contribution is 2.31. The Morgan fingerprint density at radius 1 is 0.968 bits per heavy atom. The van der Waals surface area contributed by atoms with Crippen LogP contribution >= 0.6 is 11.3 Å². The number of aromatic nitrogens is 2. The summed E-state index contributed by atoms with van der Waals surface area (Å²) in [6.07, 6.45) is 4.84. The van der Waals surface area contributed by atoms with Crippen LogP contribution in [0.25, 0.3) is 0 Å². The second kappa shape index (κ2) is 9.37. The largest absolute Gasteiger partial charge is 0.356 e. The monoisotopic (exact) mass is 433 g/mol. The van der Waals surface area contributed by atoms with Gasteiger partial charge in [-0.25, -0.2) is 4.98 Å². The fourth-order valence-electron chi connectivity index (χ4n) is 4.68. The second-order valence-electron chi connectivity index (χ2n) is 8.75. The van der Waals surface area contributed by atoms with Crippen molar-refractivity contribution in [2.24, 2.45) is 0 Å². The van der Waals surface area contributed by atoms with E-state index in [0.717, 1.165) is 51.6 Å². The molecule has 4 heterocycles. The molecule has 0 unspecified atom stereocenters. The molecule has 1 saturated heterocycles. The van der Waals surface area contributed by atoms with E-state index in [1.54, 1.807) is 11.3 Å². The van der Waals surface area contributed by atoms with Crippen molar-refractivity contribution in [2.75, 3.05) is 36.5 Å². The molecule has 31 heavy (non-hydrogen) atoms. The quantitative estimate of drug-likeness (QED) is 0.562. The molecule has 0 radical (unpaired) electrons. The van der Waals surface area contributed by atoms with Crippen molar-refractivity contribution in [1.82, 2.24) is 14.9 Å². The van der Waals surface area contributed by atoms with Gasteiger partial charge in [0.1, 0.15) is 5.82 Å². The van der Waals surface area contributed by atoms with Gasteiger partial charge in [0.2, 0.25) is 5.95 Å². The molecule has 5 nitrogen and oxygen atoms in total. The maximum Gasteiger partial charge on any atom is 0.227 e. The Labute approximate surface area is 189 Å². The summed E-state index contributed by atoms with van der Waals surface area (Å²) in [6.45, 7) is 6.05. The van der Waals surface area contributed by atoms with Crippen molar-refractivity contribution in [3.63, 3.8) is 0 Å². The summed E-state index contributed by atoms with van der Waals surface area (Å²) in [5, 5.41) is 4.43. The van der Waals surface area contributed by atoms with Crippen LogP contribution in [-0.4, -0.2) is 41.5 Å². The molecule has 0 N–H and O–H groups in total. The maximum absolute atomic E-state index is 5.15. The second-order valence-corrected chi connectivity index (χ2v) is 9.53. The van der Waals surface area contributed by atoms with Crippen molar-refractivity contribution < 1.29 is 0 Å². The van der Waals surface area contributed by atoms with Gasteiger partial charge < -0.3 is 9.80 Å². The third-order valence-electron chi connectivity index (χ3n) is 6.35. The molecular formula is C25H31N5S. The highest BCUT2D eigenvalue weighted by atomic mass is 32.1. The molecular weight excluding hydrogens is 402 g/mol. The number of hydrogen-bond donors (Lipinski definition) is 0. The Bertz CT molecular complexity index is 983. The first-order chi connectivity index (χ1) is 15.3. The van der Waals surface area contributed by atoms with E-state index in [-0.39, 0.29) is 0 Å². The number of benzene rings is 1. The van der Waals surface area contributed by atoms with E-state index in [1.165, 1.54) is 47.5 Å². The number of hydrogen-bond acceptors (Lipinski definition) is 6. The minimum atomic E-state index is 0.823. The summed E-state index contributed by atoms with van der Waals surface area (Å²) in [5.41, 5.74) is 5.29. The third kappa shape index (κ3) is 4.75. The van der Waals surface area contributed by atoms with Gasteiger partial charge in [0.25, 0.3) is 0 Å². The highest BCUT2D eigenvalue weighted by Gasteiger charge is 2.27. The van der Waals surface area contributed by atoms with Crippen molar-refractivity contribution in [2.45, 2.75) is 45.3 Å². The molecule has 162 valence electrons. The Morgan fingerprint density at radius 2 is 1.81 bits per heavy atom. The molecule has 2 aliphatic rings. The van der Waals surface area contributed by atoms with Crippen LogP contribution in [0.3, 0.4) is 0 Å². The van der Waals surface area contributed by atoms with Crippen LogP contribution in [-0.2, 0) is 26.1 Å². The first-order valence-corrected chi connectivity index (χ1v) is 12.3. The van der Waals surface area contributed by atoms with E-state index >= 15 is 0 Å². The molecule has 3 aromatic rings. The van der Waals surface area contributed by atoms with Crippen LogP contribution in [0.2, 0.25) is 0 Å². The summed E-state index contributed by atoms with van der Waals surface area (Å²) < 4.78 is 0. The molecule has 6 heteroatoms. The number of anilines is 2. The fourth-order valence-corrected chi connectivity index (χ4v) is 5.34. The Balaban J connectivity index is 1.43. The normalized spacial score (nSPS) is 16.9. The van der Waals surface area contributed by atoms with E-state index in [9.17, 15) is 0 Å². The van der Waals surface area contributed by atoms with Gasteiger partial charge in [-0.1, -0.05) is 30.3 Å².